The highest BCUT2D eigenvalue weighted by Crippen LogP contribution is 2.31. The molecule has 13 atom stereocenters. The molecule has 11 N–H and O–H groups in total. The zero-order valence-corrected chi connectivity index (χ0v) is 20.0. The van der Waals surface area contributed by atoms with E-state index in [1.54, 1.807) is 14.0 Å². The summed E-state index contributed by atoms with van der Waals surface area (Å²) < 4.78 is 23.7. The third-order valence-corrected chi connectivity index (χ3v) is 7.24. The molecule has 3 rings (SSSR count). The van der Waals surface area contributed by atoms with Crippen molar-refractivity contribution in [2.45, 2.75) is 112 Å². The quantitative estimate of drug-likeness (QED) is 0.182. The number of aliphatic hydroxyl groups excluding tert-OH is 2. The molecule has 3 fully saturated rings. The van der Waals surface area contributed by atoms with Crippen LogP contribution in [0.25, 0.3) is 0 Å². The molecule has 0 aromatic rings. The number of nitrogens with two attached hydrogens (primary N) is 3. The van der Waals surface area contributed by atoms with E-state index in [1.807, 2.05) is 14.0 Å². The monoisotopic (exact) mass is 477 g/mol. The van der Waals surface area contributed by atoms with Crippen LogP contribution in [0.15, 0.2) is 0 Å². The number of rotatable bonds is 7. The molecule has 1 aliphatic carbocycles. The van der Waals surface area contributed by atoms with E-state index in [2.05, 4.69) is 10.6 Å². The van der Waals surface area contributed by atoms with Crippen molar-refractivity contribution in [1.82, 2.24) is 10.6 Å². The van der Waals surface area contributed by atoms with Gasteiger partial charge in [-0.1, -0.05) is 0 Å². The van der Waals surface area contributed by atoms with Crippen LogP contribution in [0.4, 0.5) is 0 Å². The van der Waals surface area contributed by atoms with Crippen molar-refractivity contribution in [2.75, 3.05) is 20.7 Å². The van der Waals surface area contributed by atoms with Crippen LogP contribution in [-0.2, 0) is 18.9 Å². The lowest BCUT2D eigenvalue weighted by atomic mass is 9.84. The van der Waals surface area contributed by atoms with Crippen molar-refractivity contribution in [2.24, 2.45) is 17.2 Å². The molecule has 0 aromatic heterocycles. The van der Waals surface area contributed by atoms with Crippen LogP contribution >= 0.6 is 0 Å². The molecule has 0 amide bonds. The summed E-state index contributed by atoms with van der Waals surface area (Å²) in [6.45, 7) is 3.52. The molecular formula is C21H43N5O7. The predicted molar refractivity (Wildman–Crippen MR) is 120 cm³/mol. The molecule has 0 spiro atoms. The fourth-order valence-electron chi connectivity index (χ4n) is 5.04. The Kier molecular flexibility index (Phi) is 9.09. The minimum absolute atomic E-state index is 0.0620. The van der Waals surface area contributed by atoms with Crippen LogP contribution in [0.1, 0.15) is 33.1 Å². The van der Waals surface area contributed by atoms with Gasteiger partial charge in [0.2, 0.25) is 0 Å². The average Bonchev–Trinajstić information content (AvgIpc) is 2.76. The van der Waals surface area contributed by atoms with Gasteiger partial charge in [-0.2, -0.15) is 0 Å². The zero-order valence-electron chi connectivity index (χ0n) is 20.0. The lowest BCUT2D eigenvalue weighted by Gasteiger charge is -2.48. The molecule has 12 nitrogen and oxygen atoms in total. The molecule has 12 heteroatoms. The first-order valence-electron chi connectivity index (χ1n) is 11.8. The van der Waals surface area contributed by atoms with Gasteiger partial charge < -0.3 is 62.1 Å². The van der Waals surface area contributed by atoms with Crippen LogP contribution in [0.5, 0.6) is 0 Å². The maximum absolute atomic E-state index is 11.1. The van der Waals surface area contributed by atoms with Gasteiger partial charge in [0.05, 0.1) is 24.8 Å². The van der Waals surface area contributed by atoms with Crippen molar-refractivity contribution in [3.63, 3.8) is 0 Å². The molecule has 2 saturated heterocycles. The first kappa shape index (κ1) is 27.1. The Labute approximate surface area is 195 Å². The molecule has 3 aliphatic rings. The van der Waals surface area contributed by atoms with E-state index in [4.69, 9.17) is 36.1 Å². The SMILES string of the molecule is CN[C@@H]1[C@@H](O)[C@H](O[C@@H]2[C@@H](O)[C@H](O[C@@H]3O[C@H]([C@@H](C)NC)CC[C@@H]3N)[C@H](N)C[C@@H]2N)OC[C@]1(C)O. The van der Waals surface area contributed by atoms with Gasteiger partial charge in [0.15, 0.2) is 12.6 Å². The van der Waals surface area contributed by atoms with Crippen LogP contribution in [-0.4, -0.2) is 115 Å². The lowest BCUT2D eigenvalue weighted by Crippen LogP contribution is -2.68. The molecular weight excluding hydrogens is 434 g/mol. The molecule has 0 unspecified atom stereocenters. The van der Waals surface area contributed by atoms with E-state index < -0.39 is 60.7 Å². The fourth-order valence-corrected chi connectivity index (χ4v) is 5.04. The van der Waals surface area contributed by atoms with Crippen molar-refractivity contribution in [3.05, 3.63) is 0 Å². The number of hydrogen-bond donors (Lipinski definition) is 8. The van der Waals surface area contributed by atoms with Crippen LogP contribution in [0.3, 0.4) is 0 Å². The summed E-state index contributed by atoms with van der Waals surface area (Å²) in [6.07, 6.45) is -4.22. The molecule has 33 heavy (non-hydrogen) atoms. The normalized spacial score (nSPS) is 50.2. The first-order chi connectivity index (χ1) is 15.5. The van der Waals surface area contributed by atoms with E-state index in [1.165, 1.54) is 0 Å². The molecule has 194 valence electrons. The number of likely N-dealkylation sites (N-methyl/N-ethyl adjacent to an activating group) is 2. The molecule has 0 bridgehead atoms. The molecule has 0 aromatic carbocycles. The zero-order chi connectivity index (χ0) is 24.5. The highest BCUT2D eigenvalue weighted by molar-refractivity contribution is 5.02. The fraction of sp³-hybridized carbons (Fsp3) is 1.00. The standard InChI is InChI=1S/C21H43N5O7/c1-9(25-3)13-6-5-10(22)19(31-13)32-16-11(23)7-12(24)17(14(16)27)33-20-15(28)18(26-4)21(2,29)8-30-20/h9-20,25-29H,5-8,22-24H2,1-4H3/t9-,10+,11-,12+,13+,14+,15-,16-,17+,18-,19+,20+,21+/m1/s1. The van der Waals surface area contributed by atoms with E-state index in [-0.39, 0.29) is 24.8 Å². The second kappa shape index (κ2) is 11.1. The summed E-state index contributed by atoms with van der Waals surface area (Å²) >= 11 is 0. The average molecular weight is 478 g/mol. The largest absolute Gasteiger partial charge is 0.388 e. The van der Waals surface area contributed by atoms with Gasteiger partial charge >= 0.3 is 0 Å². The predicted octanol–water partition coefficient (Wildman–Crippen LogP) is -3.33. The Morgan fingerprint density at radius 1 is 0.970 bits per heavy atom. The molecule has 2 aliphatic heterocycles. The molecule has 0 radical (unpaired) electrons. The number of hydrogen-bond acceptors (Lipinski definition) is 12. The maximum atomic E-state index is 11.1. The van der Waals surface area contributed by atoms with Gasteiger partial charge in [-0.05, 0) is 47.2 Å². The van der Waals surface area contributed by atoms with E-state index in [0.29, 0.717) is 12.8 Å². The Hall–Kier alpha value is -0.480. The van der Waals surface area contributed by atoms with Gasteiger partial charge in [-0.25, -0.2) is 0 Å². The second-order valence-corrected chi connectivity index (χ2v) is 9.91. The van der Waals surface area contributed by atoms with Crippen LogP contribution in [0, 0.1) is 0 Å². The van der Waals surface area contributed by atoms with Gasteiger partial charge in [0.1, 0.15) is 30.0 Å². The van der Waals surface area contributed by atoms with Crippen molar-refractivity contribution in [1.29, 1.82) is 0 Å². The summed E-state index contributed by atoms with van der Waals surface area (Å²) in [6, 6.07) is -2.11. The van der Waals surface area contributed by atoms with Gasteiger partial charge in [0, 0.05) is 18.1 Å². The third kappa shape index (κ3) is 5.85. The number of aliphatic hydroxyl groups is 3. The maximum Gasteiger partial charge on any atom is 0.185 e. The van der Waals surface area contributed by atoms with Crippen molar-refractivity contribution >= 4 is 0 Å². The third-order valence-electron chi connectivity index (χ3n) is 7.24. The second-order valence-electron chi connectivity index (χ2n) is 9.91. The van der Waals surface area contributed by atoms with E-state index in [0.717, 1.165) is 6.42 Å². The summed E-state index contributed by atoms with van der Waals surface area (Å²) in [5, 5.41) is 38.3. The first-order valence-corrected chi connectivity index (χ1v) is 11.8. The minimum Gasteiger partial charge on any atom is -0.388 e. The Morgan fingerprint density at radius 2 is 1.58 bits per heavy atom. The van der Waals surface area contributed by atoms with Crippen LogP contribution in [0.2, 0.25) is 0 Å². The van der Waals surface area contributed by atoms with E-state index >= 15 is 0 Å². The summed E-state index contributed by atoms with van der Waals surface area (Å²) in [4.78, 5) is 0. The Balaban J connectivity index is 1.68. The van der Waals surface area contributed by atoms with Crippen LogP contribution < -0.4 is 27.8 Å². The smallest absolute Gasteiger partial charge is 0.185 e. The summed E-state index contributed by atoms with van der Waals surface area (Å²) in [5.41, 5.74) is 17.5. The van der Waals surface area contributed by atoms with E-state index in [9.17, 15) is 15.3 Å². The number of nitrogens with one attached hydrogen (secondary N) is 2. The Morgan fingerprint density at radius 3 is 2.15 bits per heavy atom. The highest BCUT2D eigenvalue weighted by atomic mass is 16.7. The minimum atomic E-state index is -1.29. The van der Waals surface area contributed by atoms with Gasteiger partial charge in [-0.3, -0.25) is 0 Å². The van der Waals surface area contributed by atoms with Gasteiger partial charge in [-0.15, -0.1) is 0 Å². The number of ether oxygens (including phenoxy) is 4. The van der Waals surface area contributed by atoms with Crippen molar-refractivity contribution in [3.8, 4) is 0 Å². The lowest BCUT2D eigenvalue weighted by molar-refractivity contribution is -0.307. The topological polar surface area (TPSA) is 200 Å². The Bertz CT molecular complexity index is 632. The molecule has 1 saturated carbocycles. The highest BCUT2D eigenvalue weighted by Gasteiger charge is 2.50. The van der Waals surface area contributed by atoms with Crippen molar-refractivity contribution < 1.29 is 34.3 Å². The summed E-state index contributed by atoms with van der Waals surface area (Å²) in [7, 11) is 3.49. The molecule has 2 heterocycles. The van der Waals surface area contributed by atoms with Gasteiger partial charge in [0.25, 0.3) is 0 Å². The summed E-state index contributed by atoms with van der Waals surface area (Å²) in [5.74, 6) is 0.